The van der Waals surface area contributed by atoms with E-state index in [1.54, 1.807) is 56.4 Å². The third-order valence-electron chi connectivity index (χ3n) is 5.88. The van der Waals surface area contributed by atoms with E-state index in [0.29, 0.717) is 34.1 Å². The summed E-state index contributed by atoms with van der Waals surface area (Å²) in [6.07, 6.45) is 0. The zero-order valence-electron chi connectivity index (χ0n) is 20.9. The number of likely N-dealkylation sites (N-methyl/N-ethyl adjacent to an activating group) is 1. The molecule has 0 saturated heterocycles. The number of hydrogen-bond donors (Lipinski definition) is 1. The number of ether oxygens (including phenoxy) is 3. The highest BCUT2D eigenvalue weighted by Crippen LogP contribution is 2.33. The van der Waals surface area contributed by atoms with E-state index in [4.69, 9.17) is 14.2 Å². The number of Topliss-reactive ketones (excluding diaryl/α,β-unsaturated/α-hetero) is 1. The molecular weight excluding hydrogens is 472 g/mol. The van der Waals surface area contributed by atoms with E-state index >= 15 is 0 Å². The molecule has 1 atom stereocenters. The number of esters is 1. The number of nitrogens with one attached hydrogen (secondary N) is 1. The molecule has 0 spiro atoms. The highest BCUT2D eigenvalue weighted by Gasteiger charge is 2.37. The Kier molecular flexibility index (Phi) is 7.88. The number of carbonyl (C=O) groups excluding carboxylic acids is 3. The number of para-hydroxylation sites is 1. The smallest absolute Gasteiger partial charge is 0.338 e. The lowest BCUT2D eigenvalue weighted by molar-refractivity contribution is -0.139. The minimum Gasteiger partial charge on any atom is -0.487 e. The van der Waals surface area contributed by atoms with Crippen LogP contribution in [0.1, 0.15) is 35.8 Å². The molecule has 8 nitrogen and oxygen atoms in total. The minimum atomic E-state index is -0.777. The van der Waals surface area contributed by atoms with E-state index in [9.17, 15) is 14.4 Å². The van der Waals surface area contributed by atoms with Crippen LogP contribution in [0.2, 0.25) is 0 Å². The third-order valence-corrected chi connectivity index (χ3v) is 5.88. The molecule has 3 aromatic carbocycles. The highest BCUT2D eigenvalue weighted by molar-refractivity contribution is 5.95. The van der Waals surface area contributed by atoms with E-state index in [0.717, 1.165) is 0 Å². The van der Waals surface area contributed by atoms with E-state index in [1.807, 2.05) is 36.4 Å². The molecule has 0 aliphatic carbocycles. The zero-order valence-corrected chi connectivity index (χ0v) is 20.9. The molecule has 0 aromatic heterocycles. The summed E-state index contributed by atoms with van der Waals surface area (Å²) in [5.74, 6) is 1.11. The average molecular weight is 501 g/mol. The maximum atomic E-state index is 13.2. The Morgan fingerprint density at radius 2 is 1.62 bits per heavy atom. The third kappa shape index (κ3) is 5.98. The van der Waals surface area contributed by atoms with Crippen molar-refractivity contribution >= 4 is 17.8 Å². The van der Waals surface area contributed by atoms with Crippen LogP contribution in [0.3, 0.4) is 0 Å². The topological polar surface area (TPSA) is 94.2 Å². The van der Waals surface area contributed by atoms with Crippen molar-refractivity contribution < 1.29 is 28.6 Å². The molecule has 1 heterocycles. The van der Waals surface area contributed by atoms with Gasteiger partial charge in [0.15, 0.2) is 5.78 Å². The number of rotatable bonds is 9. The number of ketones is 1. The van der Waals surface area contributed by atoms with Crippen LogP contribution in [0.5, 0.6) is 17.2 Å². The molecule has 0 saturated carbocycles. The number of nitrogens with zero attached hydrogens (tertiary/aromatic N) is 1. The van der Waals surface area contributed by atoms with Gasteiger partial charge in [-0.15, -0.1) is 0 Å². The van der Waals surface area contributed by atoms with E-state index in [2.05, 4.69) is 5.32 Å². The molecular formula is C29H28N2O6. The minimum absolute atomic E-state index is 0.0520. The van der Waals surface area contributed by atoms with Gasteiger partial charge in [-0.05, 0) is 67.9 Å². The Balaban J connectivity index is 1.68. The van der Waals surface area contributed by atoms with Crippen molar-refractivity contribution in [1.29, 1.82) is 0 Å². The molecule has 1 aliphatic rings. The van der Waals surface area contributed by atoms with Gasteiger partial charge in [-0.2, -0.15) is 0 Å². The average Bonchev–Trinajstić information content (AvgIpc) is 2.90. The Labute approximate surface area is 215 Å². The first kappa shape index (κ1) is 25.5. The van der Waals surface area contributed by atoms with Crippen LogP contribution in [-0.4, -0.2) is 42.9 Å². The van der Waals surface area contributed by atoms with Gasteiger partial charge in [0.2, 0.25) is 0 Å². The predicted octanol–water partition coefficient (Wildman–Crippen LogP) is 5.27. The lowest BCUT2D eigenvalue weighted by Gasteiger charge is -2.34. The Hall–Kier alpha value is -4.59. The highest BCUT2D eigenvalue weighted by atomic mass is 16.5. The second kappa shape index (κ2) is 11.4. The van der Waals surface area contributed by atoms with Crippen molar-refractivity contribution in [3.05, 3.63) is 101 Å². The van der Waals surface area contributed by atoms with Crippen LogP contribution < -0.4 is 14.8 Å². The van der Waals surface area contributed by atoms with Gasteiger partial charge in [0.25, 0.3) is 0 Å². The Morgan fingerprint density at radius 3 is 2.30 bits per heavy atom. The molecule has 2 amide bonds. The standard InChI is InChI=1S/C29H28N2O6/c1-4-35-28(33)26-25(18-36-22-15-13-20(14-16-22)19(2)32)31(3)29(34)30-27(26)21-9-8-12-24(17-21)37-23-10-6-5-7-11-23/h5-17,27H,4,18H2,1-3H3,(H,30,34)/t27-/m0/s1. The fourth-order valence-corrected chi connectivity index (χ4v) is 3.95. The molecule has 190 valence electrons. The SMILES string of the molecule is CCOC(=O)C1=C(COc2ccc(C(C)=O)cc2)N(C)C(=O)N[C@H]1c1cccc(Oc2ccccc2)c1. The van der Waals surface area contributed by atoms with Crippen molar-refractivity contribution in [2.24, 2.45) is 0 Å². The lowest BCUT2D eigenvalue weighted by atomic mass is 9.94. The molecule has 8 heteroatoms. The van der Waals surface area contributed by atoms with Crippen molar-refractivity contribution in [3.63, 3.8) is 0 Å². The van der Waals surface area contributed by atoms with Gasteiger partial charge in [0.1, 0.15) is 23.9 Å². The van der Waals surface area contributed by atoms with Crippen molar-refractivity contribution in [1.82, 2.24) is 10.2 Å². The Morgan fingerprint density at radius 1 is 0.919 bits per heavy atom. The predicted molar refractivity (Wildman–Crippen MR) is 138 cm³/mol. The van der Waals surface area contributed by atoms with Crippen molar-refractivity contribution in [2.45, 2.75) is 19.9 Å². The van der Waals surface area contributed by atoms with Crippen LogP contribution >= 0.6 is 0 Å². The van der Waals surface area contributed by atoms with Crippen LogP contribution in [0.4, 0.5) is 4.79 Å². The first-order valence-electron chi connectivity index (χ1n) is 11.9. The maximum Gasteiger partial charge on any atom is 0.338 e. The van der Waals surface area contributed by atoms with Gasteiger partial charge in [0, 0.05) is 12.6 Å². The van der Waals surface area contributed by atoms with E-state index in [-0.39, 0.29) is 24.6 Å². The van der Waals surface area contributed by atoms with Gasteiger partial charge in [0.05, 0.1) is 23.9 Å². The number of amides is 2. The fourth-order valence-electron chi connectivity index (χ4n) is 3.95. The fraction of sp³-hybridized carbons (Fsp3) is 0.207. The summed E-state index contributed by atoms with van der Waals surface area (Å²) >= 11 is 0. The molecule has 1 aliphatic heterocycles. The molecule has 37 heavy (non-hydrogen) atoms. The molecule has 1 N–H and O–H groups in total. The summed E-state index contributed by atoms with van der Waals surface area (Å²) in [6, 6.07) is 22.0. The number of carbonyl (C=O) groups is 3. The summed E-state index contributed by atoms with van der Waals surface area (Å²) in [4.78, 5) is 39.0. The molecule has 3 aromatic rings. The van der Waals surface area contributed by atoms with E-state index < -0.39 is 18.0 Å². The molecule has 0 radical (unpaired) electrons. The molecule has 4 rings (SSSR count). The summed E-state index contributed by atoms with van der Waals surface area (Å²) in [7, 11) is 1.57. The first-order chi connectivity index (χ1) is 17.9. The Bertz CT molecular complexity index is 1320. The monoisotopic (exact) mass is 500 g/mol. The quantitative estimate of drug-likeness (QED) is 0.318. The van der Waals surface area contributed by atoms with Gasteiger partial charge in [-0.1, -0.05) is 30.3 Å². The molecule has 0 bridgehead atoms. The van der Waals surface area contributed by atoms with Gasteiger partial charge >= 0.3 is 12.0 Å². The van der Waals surface area contributed by atoms with Crippen LogP contribution in [0, 0.1) is 0 Å². The molecule has 0 fully saturated rings. The van der Waals surface area contributed by atoms with Gasteiger partial charge in [-0.25, -0.2) is 9.59 Å². The van der Waals surface area contributed by atoms with E-state index in [1.165, 1.54) is 11.8 Å². The zero-order chi connectivity index (χ0) is 26.4. The van der Waals surface area contributed by atoms with Crippen molar-refractivity contribution in [3.8, 4) is 17.2 Å². The second-order valence-corrected chi connectivity index (χ2v) is 8.38. The van der Waals surface area contributed by atoms with Crippen molar-refractivity contribution in [2.75, 3.05) is 20.3 Å². The summed E-state index contributed by atoms with van der Waals surface area (Å²) in [5.41, 5.74) is 1.85. The normalized spacial score (nSPS) is 15.2. The van der Waals surface area contributed by atoms with Crippen LogP contribution in [0.15, 0.2) is 90.1 Å². The number of benzene rings is 3. The van der Waals surface area contributed by atoms with Crippen LogP contribution in [0.25, 0.3) is 0 Å². The van der Waals surface area contributed by atoms with Crippen LogP contribution in [-0.2, 0) is 9.53 Å². The summed E-state index contributed by atoms with van der Waals surface area (Å²) in [5, 5.41) is 2.89. The number of urea groups is 1. The first-order valence-corrected chi connectivity index (χ1v) is 11.9. The maximum absolute atomic E-state index is 13.2. The second-order valence-electron chi connectivity index (χ2n) is 8.38. The summed E-state index contributed by atoms with van der Waals surface area (Å²) in [6.45, 7) is 3.32. The van der Waals surface area contributed by atoms with Gasteiger partial charge in [-0.3, -0.25) is 9.69 Å². The van der Waals surface area contributed by atoms with Gasteiger partial charge < -0.3 is 19.5 Å². The summed E-state index contributed by atoms with van der Waals surface area (Å²) < 4.78 is 17.2. The number of hydrogen-bond acceptors (Lipinski definition) is 6. The largest absolute Gasteiger partial charge is 0.487 e. The lowest BCUT2D eigenvalue weighted by Crippen LogP contribution is -2.48. The molecule has 0 unspecified atom stereocenters.